The number of nitrogens with zero attached hydrogens (tertiary/aromatic N) is 1. The molecule has 1 aliphatic rings. The second kappa shape index (κ2) is 10.3. The van der Waals surface area contributed by atoms with Gasteiger partial charge >= 0.3 is 6.09 Å². The Morgan fingerprint density at radius 2 is 1.82 bits per heavy atom. The molecule has 0 bridgehead atoms. The number of hydrogen-bond acceptors (Lipinski definition) is 6. The van der Waals surface area contributed by atoms with E-state index in [0.29, 0.717) is 0 Å². The number of anilines is 1. The molecular formula is C20H31N3O5. The Morgan fingerprint density at radius 1 is 1.18 bits per heavy atom. The molecule has 1 atom stereocenters. The summed E-state index contributed by atoms with van der Waals surface area (Å²) in [6.07, 6.45) is -1.23. The summed E-state index contributed by atoms with van der Waals surface area (Å²) in [7, 11) is 0. The van der Waals surface area contributed by atoms with E-state index in [4.69, 9.17) is 9.47 Å². The number of nitrogens with one attached hydrogen (secondary N) is 2. The molecule has 0 spiro atoms. The number of ether oxygens (including phenoxy) is 2. The van der Waals surface area contributed by atoms with Gasteiger partial charge in [0, 0.05) is 38.3 Å². The van der Waals surface area contributed by atoms with Crippen molar-refractivity contribution in [2.75, 3.05) is 44.3 Å². The lowest BCUT2D eigenvalue weighted by molar-refractivity contribution is -0.121. The summed E-state index contributed by atoms with van der Waals surface area (Å²) in [5.74, 6) is -0.250. The fourth-order valence-corrected chi connectivity index (χ4v) is 2.74. The van der Waals surface area contributed by atoms with Crippen LogP contribution in [0.25, 0.3) is 0 Å². The van der Waals surface area contributed by atoms with Gasteiger partial charge in [-0.1, -0.05) is 12.1 Å². The smallest absolute Gasteiger partial charge is 0.407 e. The van der Waals surface area contributed by atoms with Crippen molar-refractivity contribution in [2.45, 2.75) is 38.9 Å². The van der Waals surface area contributed by atoms with Gasteiger partial charge in [0.05, 0.1) is 19.3 Å². The van der Waals surface area contributed by atoms with E-state index in [0.717, 1.165) is 37.6 Å². The number of carbonyl (C=O) groups is 2. The maximum atomic E-state index is 11.9. The molecule has 8 nitrogen and oxygen atoms in total. The molecule has 0 saturated carbocycles. The second-order valence-corrected chi connectivity index (χ2v) is 7.69. The van der Waals surface area contributed by atoms with E-state index in [1.54, 1.807) is 20.8 Å². The van der Waals surface area contributed by atoms with Crippen molar-refractivity contribution in [3.05, 3.63) is 29.8 Å². The van der Waals surface area contributed by atoms with Crippen molar-refractivity contribution in [3.63, 3.8) is 0 Å². The third-order valence-corrected chi connectivity index (χ3v) is 4.17. The van der Waals surface area contributed by atoms with Gasteiger partial charge in [0.15, 0.2) is 0 Å². The molecule has 2 amide bonds. The molecular weight excluding hydrogens is 362 g/mol. The third kappa shape index (κ3) is 7.74. The van der Waals surface area contributed by atoms with Crippen LogP contribution in [0.4, 0.5) is 10.5 Å². The van der Waals surface area contributed by atoms with Crippen molar-refractivity contribution in [1.29, 1.82) is 0 Å². The molecule has 1 aliphatic heterocycles. The van der Waals surface area contributed by atoms with Gasteiger partial charge in [-0.05, 0) is 38.5 Å². The van der Waals surface area contributed by atoms with Crippen LogP contribution in [0.15, 0.2) is 24.3 Å². The van der Waals surface area contributed by atoms with Crippen molar-refractivity contribution >= 4 is 17.7 Å². The summed E-state index contributed by atoms with van der Waals surface area (Å²) in [5, 5.41) is 15.5. The lowest BCUT2D eigenvalue weighted by Gasteiger charge is -2.29. The lowest BCUT2D eigenvalue weighted by atomic mass is 10.1. The van der Waals surface area contributed by atoms with Gasteiger partial charge in [-0.25, -0.2) is 4.79 Å². The van der Waals surface area contributed by atoms with Crippen LogP contribution in [0.3, 0.4) is 0 Å². The first-order valence-electron chi connectivity index (χ1n) is 9.59. The average molecular weight is 393 g/mol. The van der Waals surface area contributed by atoms with Gasteiger partial charge in [-0.2, -0.15) is 0 Å². The highest BCUT2D eigenvalue weighted by Crippen LogP contribution is 2.20. The molecule has 8 heteroatoms. The first-order chi connectivity index (χ1) is 13.2. The number of amides is 2. The number of alkyl carbamates (subject to hydrolysis) is 1. The van der Waals surface area contributed by atoms with E-state index in [1.807, 2.05) is 24.3 Å². The fraction of sp³-hybridized carbons (Fsp3) is 0.600. The van der Waals surface area contributed by atoms with Gasteiger partial charge in [-0.3, -0.25) is 4.79 Å². The topological polar surface area (TPSA) is 100 Å². The van der Waals surface area contributed by atoms with Crippen molar-refractivity contribution in [2.24, 2.45) is 0 Å². The first-order valence-corrected chi connectivity index (χ1v) is 9.59. The number of aliphatic hydroxyl groups excluding tert-OH is 1. The molecule has 28 heavy (non-hydrogen) atoms. The number of benzene rings is 1. The Labute approximate surface area is 166 Å². The molecule has 1 unspecified atom stereocenters. The molecule has 1 fully saturated rings. The zero-order valence-corrected chi connectivity index (χ0v) is 16.9. The summed E-state index contributed by atoms with van der Waals surface area (Å²) >= 11 is 0. The number of aliphatic hydroxyl groups is 1. The maximum Gasteiger partial charge on any atom is 0.407 e. The SMILES string of the molecule is CC(C)(C)OC(=O)NCCC(=O)NCC(O)c1ccc(N2CCOCC2)cc1. The molecule has 1 aromatic rings. The summed E-state index contributed by atoms with van der Waals surface area (Å²) in [4.78, 5) is 25.6. The van der Waals surface area contributed by atoms with Gasteiger partial charge in [0.25, 0.3) is 0 Å². The Hall–Kier alpha value is -2.32. The Kier molecular flexibility index (Phi) is 8.07. The lowest BCUT2D eigenvalue weighted by Crippen LogP contribution is -2.36. The van der Waals surface area contributed by atoms with E-state index < -0.39 is 17.8 Å². The number of morpholine rings is 1. The van der Waals surface area contributed by atoms with E-state index in [9.17, 15) is 14.7 Å². The minimum Gasteiger partial charge on any atom is -0.444 e. The molecule has 0 aliphatic carbocycles. The standard InChI is InChI=1S/C20H31N3O5/c1-20(2,3)28-19(26)21-9-8-18(25)22-14-17(24)15-4-6-16(7-5-15)23-10-12-27-13-11-23/h4-7,17,24H,8-14H2,1-3H3,(H,21,26)(H,22,25). The minimum atomic E-state index is -0.790. The van der Waals surface area contributed by atoms with Crippen LogP contribution < -0.4 is 15.5 Å². The molecule has 0 radical (unpaired) electrons. The normalized spacial score (nSPS) is 15.6. The van der Waals surface area contributed by atoms with Gasteiger partial charge in [-0.15, -0.1) is 0 Å². The van der Waals surface area contributed by atoms with Crippen LogP contribution in [0.1, 0.15) is 38.9 Å². The van der Waals surface area contributed by atoms with Crippen LogP contribution in [-0.4, -0.2) is 62.1 Å². The minimum absolute atomic E-state index is 0.113. The van der Waals surface area contributed by atoms with Crippen LogP contribution >= 0.6 is 0 Å². The average Bonchev–Trinajstić information content (AvgIpc) is 2.65. The first kappa shape index (κ1) is 22.0. The van der Waals surface area contributed by atoms with Crippen LogP contribution in [0.2, 0.25) is 0 Å². The van der Waals surface area contributed by atoms with Gasteiger partial charge < -0.3 is 30.1 Å². The predicted molar refractivity (Wildman–Crippen MR) is 106 cm³/mol. The number of rotatable bonds is 7. The zero-order valence-electron chi connectivity index (χ0n) is 16.9. The Morgan fingerprint density at radius 3 is 2.43 bits per heavy atom. The van der Waals surface area contributed by atoms with Crippen molar-refractivity contribution < 1.29 is 24.2 Å². The third-order valence-electron chi connectivity index (χ3n) is 4.17. The molecule has 1 saturated heterocycles. The molecule has 156 valence electrons. The highest BCUT2D eigenvalue weighted by molar-refractivity contribution is 5.77. The van der Waals surface area contributed by atoms with E-state index in [1.165, 1.54) is 0 Å². The van der Waals surface area contributed by atoms with Gasteiger partial charge in [0.1, 0.15) is 5.60 Å². The quantitative estimate of drug-likeness (QED) is 0.651. The molecule has 3 N–H and O–H groups in total. The fourth-order valence-electron chi connectivity index (χ4n) is 2.74. The second-order valence-electron chi connectivity index (χ2n) is 7.69. The highest BCUT2D eigenvalue weighted by Gasteiger charge is 2.16. The van der Waals surface area contributed by atoms with E-state index >= 15 is 0 Å². The van der Waals surface area contributed by atoms with Crippen molar-refractivity contribution in [3.8, 4) is 0 Å². The molecule has 1 heterocycles. The summed E-state index contributed by atoms with van der Waals surface area (Å²) in [6, 6.07) is 7.67. The van der Waals surface area contributed by atoms with Gasteiger partial charge in [0.2, 0.25) is 5.91 Å². The maximum absolute atomic E-state index is 11.9. The summed E-state index contributed by atoms with van der Waals surface area (Å²) in [5.41, 5.74) is 1.26. The molecule has 2 rings (SSSR count). The van der Waals surface area contributed by atoms with Crippen LogP contribution in [0, 0.1) is 0 Å². The Balaban J connectivity index is 1.69. The zero-order chi connectivity index (χ0) is 20.6. The molecule has 0 aromatic heterocycles. The highest BCUT2D eigenvalue weighted by atomic mass is 16.6. The number of carbonyl (C=O) groups excluding carboxylic acids is 2. The van der Waals surface area contributed by atoms with E-state index in [2.05, 4.69) is 15.5 Å². The summed E-state index contributed by atoms with van der Waals surface area (Å²) < 4.78 is 10.4. The molecule has 1 aromatic carbocycles. The largest absolute Gasteiger partial charge is 0.444 e. The van der Waals surface area contributed by atoms with Crippen LogP contribution in [0.5, 0.6) is 0 Å². The predicted octanol–water partition coefficient (Wildman–Crippen LogP) is 1.59. The summed E-state index contributed by atoms with van der Waals surface area (Å²) in [6.45, 7) is 8.76. The van der Waals surface area contributed by atoms with Crippen molar-refractivity contribution in [1.82, 2.24) is 10.6 Å². The Bertz CT molecular complexity index is 636. The monoisotopic (exact) mass is 393 g/mol. The van der Waals surface area contributed by atoms with E-state index in [-0.39, 0.29) is 25.4 Å². The van der Waals surface area contributed by atoms with Crippen LogP contribution in [-0.2, 0) is 14.3 Å². The number of hydrogen-bond donors (Lipinski definition) is 3.